The lowest BCUT2D eigenvalue weighted by molar-refractivity contribution is 0.149. The van der Waals surface area contributed by atoms with E-state index in [9.17, 15) is 8.78 Å². The maximum absolute atomic E-state index is 12.0. The Labute approximate surface area is 87.8 Å². The molecule has 0 fully saturated rings. The maximum atomic E-state index is 12.0. The highest BCUT2D eigenvalue weighted by Gasteiger charge is 2.15. The summed E-state index contributed by atoms with van der Waals surface area (Å²) < 4.78 is 24.0. The van der Waals surface area contributed by atoms with Crippen LogP contribution in [0.1, 0.15) is 5.56 Å². The fraction of sp³-hybridized carbons (Fsp3) is 0.333. The Balaban J connectivity index is 3.06. The molecular weight excluding hydrogens is 244 g/mol. The van der Waals surface area contributed by atoms with Gasteiger partial charge in [0.15, 0.2) is 0 Å². The molecule has 72 valence electrons. The molecule has 2 nitrogen and oxygen atoms in total. The highest BCUT2D eigenvalue weighted by atomic mass is 35.5. The summed E-state index contributed by atoms with van der Waals surface area (Å²) in [5, 5.41) is -0.427. The smallest absolute Gasteiger partial charge is 0.210 e. The third kappa shape index (κ3) is 2.90. The van der Waals surface area contributed by atoms with E-state index in [2.05, 4.69) is 9.97 Å². The Morgan fingerprint density at radius 3 is 1.92 bits per heavy atom. The van der Waals surface area contributed by atoms with Crippen LogP contribution in [-0.4, -0.2) is 16.4 Å². The number of rotatable bonds is 2. The van der Waals surface area contributed by atoms with Crippen molar-refractivity contribution in [3.63, 3.8) is 0 Å². The molecule has 0 aliphatic rings. The van der Waals surface area contributed by atoms with Gasteiger partial charge in [-0.2, -0.15) is 0 Å². The van der Waals surface area contributed by atoms with Gasteiger partial charge in [-0.05, 0) is 11.6 Å². The van der Waals surface area contributed by atoms with Gasteiger partial charge >= 0.3 is 0 Å². The minimum Gasteiger partial charge on any atom is -0.210 e. The molecule has 1 rings (SSSR count). The van der Waals surface area contributed by atoms with Gasteiger partial charge in [0.05, 0.1) is 0 Å². The van der Waals surface area contributed by atoms with Gasteiger partial charge in [0.2, 0.25) is 11.7 Å². The van der Waals surface area contributed by atoms with E-state index < -0.39 is 12.8 Å². The Morgan fingerprint density at radius 2 is 1.54 bits per heavy atom. The van der Waals surface area contributed by atoms with E-state index in [1.54, 1.807) is 0 Å². The van der Waals surface area contributed by atoms with E-state index in [1.165, 1.54) is 0 Å². The van der Waals surface area contributed by atoms with Crippen molar-refractivity contribution in [1.82, 2.24) is 9.97 Å². The minimum absolute atomic E-state index is 0.0164. The maximum Gasteiger partial charge on any atom is 0.242 e. The fourth-order valence-corrected chi connectivity index (χ4v) is 1.53. The van der Waals surface area contributed by atoms with E-state index in [1.807, 2.05) is 0 Å². The van der Waals surface area contributed by atoms with Crippen LogP contribution in [0.4, 0.5) is 8.78 Å². The highest BCUT2D eigenvalue weighted by molar-refractivity contribution is 6.36. The third-order valence-corrected chi connectivity index (χ3v) is 2.03. The second kappa shape index (κ2) is 4.35. The monoisotopic (exact) mass is 246 g/mol. The quantitative estimate of drug-likeness (QED) is 0.592. The van der Waals surface area contributed by atoms with Gasteiger partial charge in [-0.3, -0.25) is 0 Å². The molecule has 0 N–H and O–H groups in total. The van der Waals surface area contributed by atoms with Crippen molar-refractivity contribution in [2.24, 2.45) is 0 Å². The number of hydrogen-bond donors (Lipinski definition) is 0. The normalized spacial score (nSPS) is 10.9. The van der Waals surface area contributed by atoms with Gasteiger partial charge in [-0.25, -0.2) is 18.7 Å². The number of hydrogen-bond acceptors (Lipinski definition) is 2. The molecule has 0 bridgehead atoms. The van der Waals surface area contributed by atoms with Gasteiger partial charge < -0.3 is 0 Å². The summed E-state index contributed by atoms with van der Waals surface area (Å²) in [7, 11) is 0. The van der Waals surface area contributed by atoms with E-state index in [-0.39, 0.29) is 21.2 Å². The lowest BCUT2D eigenvalue weighted by Gasteiger charge is -2.04. The molecule has 0 radical (unpaired) electrons. The highest BCUT2D eigenvalue weighted by Crippen LogP contribution is 2.24. The van der Waals surface area contributed by atoms with Gasteiger partial charge in [0.1, 0.15) is 10.3 Å². The van der Waals surface area contributed by atoms with E-state index in [0.717, 1.165) is 0 Å². The SMILES string of the molecule is FC(F)Cc1c(Cl)nc(Cl)nc1Cl. The van der Waals surface area contributed by atoms with Crippen LogP contribution in [-0.2, 0) is 6.42 Å². The van der Waals surface area contributed by atoms with Crippen LogP contribution in [0.15, 0.2) is 0 Å². The van der Waals surface area contributed by atoms with E-state index >= 15 is 0 Å². The van der Waals surface area contributed by atoms with Crippen LogP contribution in [0.2, 0.25) is 15.6 Å². The van der Waals surface area contributed by atoms with Crippen LogP contribution in [0.3, 0.4) is 0 Å². The molecule has 0 aromatic carbocycles. The van der Waals surface area contributed by atoms with Crippen LogP contribution in [0, 0.1) is 0 Å². The average molecular weight is 247 g/mol. The molecule has 0 aliphatic heterocycles. The minimum atomic E-state index is -2.54. The van der Waals surface area contributed by atoms with Crippen LogP contribution in [0.5, 0.6) is 0 Å². The zero-order valence-electron chi connectivity index (χ0n) is 6.07. The molecule has 1 aromatic rings. The summed E-state index contributed by atoms with van der Waals surface area (Å²) in [5.74, 6) is 0. The Hall–Kier alpha value is -0.190. The molecule has 0 amide bonds. The predicted molar refractivity (Wildman–Crippen MR) is 46.8 cm³/mol. The summed E-state index contributed by atoms with van der Waals surface area (Å²) >= 11 is 16.4. The van der Waals surface area contributed by atoms with Crippen molar-refractivity contribution in [2.75, 3.05) is 0 Å². The summed E-state index contributed by atoms with van der Waals surface area (Å²) in [6.45, 7) is 0. The number of halogens is 5. The first-order chi connectivity index (χ1) is 6.00. The molecule has 13 heavy (non-hydrogen) atoms. The first-order valence-electron chi connectivity index (χ1n) is 3.16. The van der Waals surface area contributed by atoms with Crippen LogP contribution >= 0.6 is 34.8 Å². The molecule has 7 heteroatoms. The molecule has 0 aliphatic carbocycles. The van der Waals surface area contributed by atoms with Crippen molar-refractivity contribution in [1.29, 1.82) is 0 Å². The molecule has 1 heterocycles. The lowest BCUT2D eigenvalue weighted by atomic mass is 10.2. The van der Waals surface area contributed by atoms with Gasteiger partial charge in [-0.15, -0.1) is 0 Å². The summed E-state index contributed by atoms with van der Waals surface area (Å²) in [6, 6.07) is 0. The first kappa shape index (κ1) is 10.9. The van der Waals surface area contributed by atoms with Crippen molar-refractivity contribution in [3.05, 3.63) is 21.2 Å². The summed E-state index contributed by atoms with van der Waals surface area (Å²) in [6.07, 6.45) is -3.12. The Kier molecular flexibility index (Phi) is 3.64. The topological polar surface area (TPSA) is 25.8 Å². The molecule has 0 unspecified atom stereocenters. The largest absolute Gasteiger partial charge is 0.242 e. The Bertz CT molecular complexity index is 296. The number of aromatic nitrogens is 2. The van der Waals surface area contributed by atoms with Crippen LogP contribution < -0.4 is 0 Å². The molecule has 1 aromatic heterocycles. The van der Waals surface area contributed by atoms with Gasteiger partial charge in [0, 0.05) is 12.0 Å². The van der Waals surface area contributed by atoms with Gasteiger partial charge in [0.25, 0.3) is 0 Å². The second-order valence-corrected chi connectivity index (χ2v) is 3.20. The van der Waals surface area contributed by atoms with Crippen molar-refractivity contribution < 1.29 is 8.78 Å². The summed E-state index contributed by atoms with van der Waals surface area (Å²) in [5.41, 5.74) is 0.0164. The second-order valence-electron chi connectivity index (χ2n) is 2.15. The molecule has 0 atom stereocenters. The fourth-order valence-electron chi connectivity index (χ4n) is 0.730. The Morgan fingerprint density at radius 1 is 1.08 bits per heavy atom. The molecular formula is C6H3Cl3F2N2. The van der Waals surface area contributed by atoms with E-state index in [0.29, 0.717) is 0 Å². The third-order valence-electron chi connectivity index (χ3n) is 1.24. The van der Waals surface area contributed by atoms with E-state index in [4.69, 9.17) is 34.8 Å². The first-order valence-corrected chi connectivity index (χ1v) is 4.29. The average Bonchev–Trinajstić information content (AvgIpc) is 1.96. The van der Waals surface area contributed by atoms with Crippen LogP contribution in [0.25, 0.3) is 0 Å². The lowest BCUT2D eigenvalue weighted by Crippen LogP contribution is -2.01. The van der Waals surface area contributed by atoms with Crippen molar-refractivity contribution in [2.45, 2.75) is 12.8 Å². The van der Waals surface area contributed by atoms with Crippen molar-refractivity contribution in [3.8, 4) is 0 Å². The standard InChI is InChI=1S/C6H3Cl3F2N2/c7-4-2(1-3(10)11)5(8)13-6(9)12-4/h3H,1H2. The number of nitrogens with zero attached hydrogens (tertiary/aromatic N) is 2. The van der Waals surface area contributed by atoms with Crippen molar-refractivity contribution >= 4 is 34.8 Å². The summed E-state index contributed by atoms with van der Waals surface area (Å²) in [4.78, 5) is 6.98. The zero-order chi connectivity index (χ0) is 10.0. The predicted octanol–water partition coefficient (Wildman–Crippen LogP) is 3.24. The molecule has 0 spiro atoms. The molecule has 0 saturated heterocycles. The number of alkyl halides is 2. The molecule has 0 saturated carbocycles. The zero-order valence-corrected chi connectivity index (χ0v) is 8.34. The van der Waals surface area contributed by atoms with Gasteiger partial charge in [-0.1, -0.05) is 23.2 Å².